The maximum Gasteiger partial charge on any atom is 0.260 e. The van der Waals surface area contributed by atoms with Gasteiger partial charge in [-0.05, 0) is 71.5 Å². The first-order chi connectivity index (χ1) is 25.3. The van der Waals surface area contributed by atoms with Crippen LogP contribution in [0, 0.1) is 5.82 Å². The number of anilines is 1. The molecule has 3 saturated heterocycles. The second-order valence-corrected chi connectivity index (χ2v) is 14.8. The largest absolute Gasteiger partial charge is 0.506 e. The fourth-order valence-electron chi connectivity index (χ4n) is 6.97. The second-order valence-electron chi connectivity index (χ2n) is 13.1. The summed E-state index contributed by atoms with van der Waals surface area (Å²) in [4.78, 5) is 77.6. The number of nitrogens with one attached hydrogen (secondary N) is 3. The molecule has 7 rings (SSSR count). The molecule has 0 spiro atoms. The molecule has 1 atom stereocenters. The number of likely N-dealkylation sites (tertiary alicyclic amines) is 1. The molecule has 1 unspecified atom stereocenters. The van der Waals surface area contributed by atoms with Crippen LogP contribution in [0.3, 0.4) is 0 Å². The molecule has 6 N–H and O–H groups in total. The van der Waals surface area contributed by atoms with Gasteiger partial charge < -0.3 is 25.0 Å². The Labute approximate surface area is 303 Å². The van der Waals surface area contributed by atoms with Gasteiger partial charge in [-0.1, -0.05) is 18.2 Å². The van der Waals surface area contributed by atoms with E-state index in [2.05, 4.69) is 10.6 Å². The molecule has 6 amide bonds. The summed E-state index contributed by atoms with van der Waals surface area (Å²) < 4.78 is 44.5. The number of halogens is 1. The molecular formula is C35H35FN6O10S. The summed E-state index contributed by atoms with van der Waals surface area (Å²) in [5.74, 6) is -3.84. The summed E-state index contributed by atoms with van der Waals surface area (Å²) in [6.07, 6.45) is 4.11. The van der Waals surface area contributed by atoms with Crippen LogP contribution in [-0.4, -0.2) is 97.8 Å². The zero-order valence-electron chi connectivity index (χ0n) is 28.0. The van der Waals surface area contributed by atoms with Crippen molar-refractivity contribution >= 4 is 68.9 Å². The Kier molecular flexibility index (Phi) is 9.43. The Bertz CT molecular complexity index is 2100. The number of aromatic hydroxyl groups is 1. The molecule has 3 aromatic carbocycles. The van der Waals surface area contributed by atoms with Crippen molar-refractivity contribution < 1.29 is 52.1 Å². The van der Waals surface area contributed by atoms with Gasteiger partial charge in [0, 0.05) is 48.1 Å². The lowest BCUT2D eigenvalue weighted by molar-refractivity contribution is -0.137. The van der Waals surface area contributed by atoms with Crippen LogP contribution < -0.4 is 24.4 Å². The van der Waals surface area contributed by atoms with Crippen molar-refractivity contribution in [3.05, 3.63) is 71.0 Å². The third-order valence-corrected chi connectivity index (χ3v) is 11.1. The molecule has 0 aromatic heterocycles. The van der Waals surface area contributed by atoms with E-state index in [0.717, 1.165) is 0 Å². The van der Waals surface area contributed by atoms with Crippen molar-refractivity contribution in [3.63, 3.8) is 0 Å². The lowest BCUT2D eigenvalue weighted by Gasteiger charge is -2.36. The summed E-state index contributed by atoms with van der Waals surface area (Å²) >= 11 is 0. The number of hydrogen-bond donors (Lipinski definition) is 6. The van der Waals surface area contributed by atoms with E-state index in [4.69, 9.17) is 4.74 Å². The van der Waals surface area contributed by atoms with Crippen molar-refractivity contribution in [2.24, 2.45) is 0 Å². The highest BCUT2D eigenvalue weighted by molar-refractivity contribution is 8.24. The predicted molar refractivity (Wildman–Crippen MR) is 189 cm³/mol. The van der Waals surface area contributed by atoms with E-state index in [1.54, 1.807) is 29.2 Å². The Balaban J connectivity index is 0.912. The molecule has 3 aromatic rings. The topological polar surface area (TPSA) is 218 Å². The Morgan fingerprint density at radius 2 is 1.79 bits per heavy atom. The molecule has 4 heterocycles. The monoisotopic (exact) mass is 750 g/mol. The molecule has 0 bridgehead atoms. The minimum atomic E-state index is -3.87. The summed E-state index contributed by atoms with van der Waals surface area (Å²) in [6.45, 7) is 0.0162. The molecular weight excluding hydrogens is 715 g/mol. The molecule has 4 aliphatic heterocycles. The van der Waals surface area contributed by atoms with Crippen LogP contribution in [0.2, 0.25) is 0 Å². The van der Waals surface area contributed by atoms with Crippen LogP contribution in [0.25, 0.3) is 16.8 Å². The normalized spacial score (nSPS) is 20.8. The van der Waals surface area contributed by atoms with Crippen LogP contribution in [0.4, 0.5) is 10.1 Å². The number of phenols is 1. The van der Waals surface area contributed by atoms with E-state index in [9.17, 15) is 43.0 Å². The third kappa shape index (κ3) is 7.07. The number of carbonyl (C=O) groups is 6. The van der Waals surface area contributed by atoms with Crippen molar-refractivity contribution in [1.82, 2.24) is 25.2 Å². The number of fused-ring (bicyclic) bond motifs is 2. The maximum absolute atomic E-state index is 15.6. The summed E-state index contributed by atoms with van der Waals surface area (Å²) in [5.41, 5.74) is 0.857. The van der Waals surface area contributed by atoms with Crippen molar-refractivity contribution in [2.45, 2.75) is 44.3 Å². The van der Waals surface area contributed by atoms with Crippen molar-refractivity contribution in [2.75, 3.05) is 30.5 Å². The first kappa shape index (κ1) is 35.7. The zero-order chi connectivity index (χ0) is 37.6. The average molecular weight is 751 g/mol. The average Bonchev–Trinajstić information content (AvgIpc) is 3.60. The first-order valence-corrected chi connectivity index (χ1v) is 18.3. The molecule has 0 radical (unpaired) electrons. The standard InChI is InChI=1S/C35H35FN6O10S/c36-32-23-14-19(4-6-20(23)15-26(43)33(32)42-17-30(46)39-53(42,50)51)5-8-28(44)37-21-10-12-40(13-11-21)31(47)18-52-27-3-1-2-22-24(27)16-41(35(22)49)25-7-9-29(45)38-34(25)48/h1-6,8,14-15,21,25,43,50-51H,7,9-13,16-18H2,(H,37,44)(H,39,46)(H,38,45,48). The summed E-state index contributed by atoms with van der Waals surface area (Å²) in [5, 5.41) is 15.9. The predicted octanol–water partition coefficient (Wildman–Crippen LogP) is 2.16. The van der Waals surface area contributed by atoms with E-state index < -0.39 is 58.5 Å². The number of amides is 6. The molecule has 4 aliphatic rings. The number of benzene rings is 3. The Morgan fingerprint density at radius 1 is 1.02 bits per heavy atom. The second kappa shape index (κ2) is 14.0. The SMILES string of the molecule is O=C(C=Cc1ccc2cc(O)c(N3CC(=O)NS3(O)O)c(F)c2c1)NC1CCN(C(=O)COc2cccc3c2CN(C2CCC(=O)NC2=O)C3=O)CC1. The summed E-state index contributed by atoms with van der Waals surface area (Å²) in [7, 11) is -3.87. The fraction of sp³-hybridized carbons (Fsp3) is 0.314. The van der Waals surface area contributed by atoms with E-state index in [1.165, 1.54) is 35.3 Å². The van der Waals surface area contributed by atoms with Gasteiger partial charge in [0.25, 0.3) is 17.7 Å². The van der Waals surface area contributed by atoms with Gasteiger partial charge in [0.15, 0.2) is 12.4 Å². The molecule has 0 aliphatic carbocycles. The number of rotatable bonds is 8. The van der Waals surface area contributed by atoms with Crippen LogP contribution in [-0.2, 0) is 30.5 Å². The minimum Gasteiger partial charge on any atom is -0.506 e. The number of phenolic OH excluding ortho intramolecular Hbond substituents is 1. The van der Waals surface area contributed by atoms with Crippen molar-refractivity contribution in [3.8, 4) is 11.5 Å². The molecule has 3 fully saturated rings. The highest BCUT2D eigenvalue weighted by atomic mass is 32.3. The van der Waals surface area contributed by atoms with Crippen molar-refractivity contribution in [1.29, 1.82) is 0 Å². The van der Waals surface area contributed by atoms with Crippen LogP contribution in [0.1, 0.15) is 47.2 Å². The van der Waals surface area contributed by atoms with Gasteiger partial charge in [-0.15, -0.1) is 0 Å². The number of ether oxygens (including phenoxy) is 1. The lowest BCUT2D eigenvalue weighted by Crippen LogP contribution is -2.52. The Morgan fingerprint density at radius 3 is 2.51 bits per heavy atom. The van der Waals surface area contributed by atoms with E-state index >= 15 is 4.39 Å². The number of nitrogens with zero attached hydrogens (tertiary/aromatic N) is 3. The number of carbonyl (C=O) groups excluding carboxylic acids is 6. The van der Waals surface area contributed by atoms with Gasteiger partial charge in [0.1, 0.15) is 29.8 Å². The van der Waals surface area contributed by atoms with Crippen LogP contribution in [0.5, 0.6) is 11.5 Å². The Hall–Kier alpha value is -5.72. The number of imide groups is 1. The van der Waals surface area contributed by atoms with Gasteiger partial charge in [-0.3, -0.25) is 43.2 Å². The first-order valence-electron chi connectivity index (χ1n) is 16.8. The smallest absolute Gasteiger partial charge is 0.260 e. The fourth-order valence-corrected chi connectivity index (χ4v) is 8.18. The van der Waals surface area contributed by atoms with Gasteiger partial charge >= 0.3 is 0 Å². The maximum atomic E-state index is 15.6. The molecule has 18 heteroatoms. The number of piperidine rings is 2. The summed E-state index contributed by atoms with van der Waals surface area (Å²) in [6, 6.07) is 9.76. The molecule has 278 valence electrons. The highest BCUT2D eigenvalue weighted by Crippen LogP contribution is 2.50. The quantitative estimate of drug-likeness (QED) is 0.145. The van der Waals surface area contributed by atoms with E-state index in [0.29, 0.717) is 58.1 Å². The lowest BCUT2D eigenvalue weighted by atomic mass is 10.0. The van der Waals surface area contributed by atoms with Gasteiger partial charge in [0.05, 0.1) is 6.54 Å². The van der Waals surface area contributed by atoms with Gasteiger partial charge in [-0.25, -0.2) is 13.4 Å². The molecule has 0 saturated carbocycles. The van der Waals surface area contributed by atoms with Gasteiger partial charge in [-0.2, -0.15) is 0 Å². The van der Waals surface area contributed by atoms with E-state index in [-0.39, 0.29) is 55.1 Å². The zero-order valence-corrected chi connectivity index (χ0v) is 28.9. The van der Waals surface area contributed by atoms with Crippen LogP contribution in [0.15, 0.2) is 48.5 Å². The molecule has 16 nitrogen and oxygen atoms in total. The molecule has 53 heavy (non-hydrogen) atoms. The third-order valence-electron chi connectivity index (χ3n) is 9.66. The van der Waals surface area contributed by atoms with Gasteiger partial charge in [0.2, 0.25) is 17.7 Å². The number of hydrogen-bond acceptors (Lipinski definition) is 11. The van der Waals surface area contributed by atoms with E-state index in [1.807, 2.05) is 4.72 Å². The highest BCUT2D eigenvalue weighted by Gasteiger charge is 2.41. The minimum absolute atomic E-state index is 0.0234. The van der Waals surface area contributed by atoms with Crippen LogP contribution >= 0.6 is 11.0 Å².